The Morgan fingerprint density at radius 2 is 1.94 bits per heavy atom. The van der Waals surface area contributed by atoms with Crippen molar-refractivity contribution in [1.82, 2.24) is 20.5 Å². The van der Waals surface area contributed by atoms with Crippen molar-refractivity contribution in [3.63, 3.8) is 0 Å². The van der Waals surface area contributed by atoms with Gasteiger partial charge in [0.2, 0.25) is 11.8 Å². The van der Waals surface area contributed by atoms with Crippen LogP contribution in [0, 0.1) is 0 Å². The van der Waals surface area contributed by atoms with Gasteiger partial charge in [-0.05, 0) is 49.1 Å². The minimum Gasteiger partial charge on any atom is -0.491 e. The highest BCUT2D eigenvalue weighted by molar-refractivity contribution is 6.31. The van der Waals surface area contributed by atoms with E-state index in [1.807, 2.05) is 24.4 Å². The van der Waals surface area contributed by atoms with Gasteiger partial charge in [-0.25, -0.2) is 0 Å². The first-order valence-corrected chi connectivity index (χ1v) is 12.2. The monoisotopic (exact) mass is 496 g/mol. The minimum absolute atomic E-state index is 0.0218. The molecular formula is C26H29ClN4O4. The molecule has 0 fully saturated rings. The number of para-hydroxylation sites is 1. The van der Waals surface area contributed by atoms with Gasteiger partial charge < -0.3 is 25.3 Å². The SMILES string of the molecule is O=C1CN(C(=O)CCCc2c[nH]c3ccccc23)CCCNC(=O)c2cc(Cl)ccc2OCCN1. The number of H-pyrrole nitrogens is 1. The van der Waals surface area contributed by atoms with E-state index in [0.717, 1.165) is 11.9 Å². The van der Waals surface area contributed by atoms with Gasteiger partial charge in [0.1, 0.15) is 12.4 Å². The molecule has 0 atom stereocenters. The maximum atomic E-state index is 13.0. The van der Waals surface area contributed by atoms with E-state index in [4.69, 9.17) is 16.3 Å². The Morgan fingerprint density at radius 1 is 1.09 bits per heavy atom. The molecule has 2 heterocycles. The van der Waals surface area contributed by atoms with Crippen molar-refractivity contribution in [2.75, 3.05) is 32.8 Å². The van der Waals surface area contributed by atoms with E-state index in [2.05, 4.69) is 21.7 Å². The first-order chi connectivity index (χ1) is 17.0. The van der Waals surface area contributed by atoms with Crippen LogP contribution in [0.1, 0.15) is 35.2 Å². The van der Waals surface area contributed by atoms with Gasteiger partial charge in [-0.2, -0.15) is 0 Å². The summed E-state index contributed by atoms with van der Waals surface area (Å²) >= 11 is 6.05. The van der Waals surface area contributed by atoms with Crippen molar-refractivity contribution in [3.05, 3.63) is 64.8 Å². The van der Waals surface area contributed by atoms with Crippen LogP contribution in [-0.2, 0) is 16.0 Å². The number of carbonyl (C=O) groups excluding carboxylic acids is 3. The summed E-state index contributed by atoms with van der Waals surface area (Å²) in [6.07, 6.45) is 4.30. The number of amides is 3. The predicted octanol–water partition coefficient (Wildman–Crippen LogP) is 3.30. The number of hydrogen-bond acceptors (Lipinski definition) is 4. The van der Waals surface area contributed by atoms with Gasteiger partial charge in [0.25, 0.3) is 5.91 Å². The number of carbonyl (C=O) groups is 3. The predicted molar refractivity (Wildman–Crippen MR) is 135 cm³/mol. The van der Waals surface area contributed by atoms with Crippen LogP contribution in [0.4, 0.5) is 0 Å². The van der Waals surface area contributed by atoms with Crippen LogP contribution in [0.3, 0.4) is 0 Å². The number of benzene rings is 2. The van der Waals surface area contributed by atoms with Crippen LogP contribution < -0.4 is 15.4 Å². The standard InChI is InChI=1S/C26H29ClN4O4/c27-19-9-10-23-21(15-19)26(34)29-11-4-13-31(17-24(32)28-12-14-35-23)25(33)8-3-5-18-16-30-22-7-2-1-6-20(18)22/h1-2,6-7,9-10,15-16,30H,3-5,8,11-14,17H2,(H,28,32)(H,29,34). The fourth-order valence-corrected chi connectivity index (χ4v) is 4.34. The molecule has 0 spiro atoms. The van der Waals surface area contributed by atoms with Crippen LogP contribution in [0.5, 0.6) is 5.75 Å². The zero-order valence-corrected chi connectivity index (χ0v) is 20.2. The van der Waals surface area contributed by atoms with Gasteiger partial charge in [0, 0.05) is 41.6 Å². The third-order valence-corrected chi connectivity index (χ3v) is 6.19. The van der Waals surface area contributed by atoms with Gasteiger partial charge >= 0.3 is 0 Å². The van der Waals surface area contributed by atoms with Gasteiger partial charge in [0.05, 0.1) is 18.7 Å². The lowest BCUT2D eigenvalue weighted by molar-refractivity contribution is -0.136. The molecule has 1 aliphatic heterocycles. The van der Waals surface area contributed by atoms with Gasteiger partial charge in [-0.1, -0.05) is 29.8 Å². The van der Waals surface area contributed by atoms with Gasteiger partial charge in [-0.3, -0.25) is 14.4 Å². The second kappa shape index (κ2) is 11.8. The highest BCUT2D eigenvalue weighted by atomic mass is 35.5. The highest BCUT2D eigenvalue weighted by Gasteiger charge is 2.19. The number of aromatic amines is 1. The smallest absolute Gasteiger partial charge is 0.255 e. The summed E-state index contributed by atoms with van der Waals surface area (Å²) in [6, 6.07) is 12.9. The van der Waals surface area contributed by atoms with Crippen molar-refractivity contribution >= 4 is 40.2 Å². The topological polar surface area (TPSA) is 104 Å². The lowest BCUT2D eigenvalue weighted by atomic mass is 10.1. The fraction of sp³-hybridized carbons (Fsp3) is 0.346. The van der Waals surface area contributed by atoms with Crippen LogP contribution in [0.25, 0.3) is 10.9 Å². The van der Waals surface area contributed by atoms with Crippen molar-refractivity contribution in [2.24, 2.45) is 0 Å². The van der Waals surface area contributed by atoms with Crippen molar-refractivity contribution < 1.29 is 19.1 Å². The molecule has 1 aromatic heterocycles. The molecule has 3 N–H and O–H groups in total. The molecule has 2 aromatic carbocycles. The summed E-state index contributed by atoms with van der Waals surface area (Å²) in [7, 11) is 0. The Labute approximate surface area is 209 Å². The summed E-state index contributed by atoms with van der Waals surface area (Å²) in [6.45, 7) is 1.15. The number of hydrogen-bond donors (Lipinski definition) is 3. The third kappa shape index (κ3) is 6.54. The molecule has 0 radical (unpaired) electrons. The largest absolute Gasteiger partial charge is 0.491 e. The normalized spacial score (nSPS) is 15.5. The van der Waals surface area contributed by atoms with E-state index in [9.17, 15) is 14.4 Å². The number of nitrogens with zero attached hydrogens (tertiary/aromatic N) is 1. The number of ether oxygens (including phenoxy) is 1. The molecule has 184 valence electrons. The van der Waals surface area contributed by atoms with E-state index < -0.39 is 0 Å². The van der Waals surface area contributed by atoms with E-state index >= 15 is 0 Å². The molecule has 4 rings (SSSR count). The molecule has 35 heavy (non-hydrogen) atoms. The van der Waals surface area contributed by atoms with Crippen LogP contribution in [0.15, 0.2) is 48.7 Å². The van der Waals surface area contributed by atoms with E-state index in [1.165, 1.54) is 10.9 Å². The number of halogens is 1. The molecule has 0 bridgehead atoms. The lowest BCUT2D eigenvalue weighted by Gasteiger charge is -2.23. The molecule has 0 aliphatic carbocycles. The van der Waals surface area contributed by atoms with Crippen molar-refractivity contribution in [3.8, 4) is 5.75 Å². The molecule has 3 amide bonds. The Bertz CT molecular complexity index is 1210. The van der Waals surface area contributed by atoms with E-state index in [0.29, 0.717) is 48.7 Å². The summed E-state index contributed by atoms with van der Waals surface area (Å²) in [5, 5.41) is 7.23. The fourth-order valence-electron chi connectivity index (χ4n) is 4.17. The number of aryl methyl sites for hydroxylation is 1. The zero-order valence-electron chi connectivity index (χ0n) is 19.4. The number of nitrogens with one attached hydrogen (secondary N) is 3. The molecular weight excluding hydrogens is 468 g/mol. The maximum absolute atomic E-state index is 13.0. The van der Waals surface area contributed by atoms with E-state index in [-0.39, 0.29) is 37.4 Å². The molecule has 0 saturated heterocycles. The molecule has 8 nitrogen and oxygen atoms in total. The number of aromatic nitrogens is 1. The summed E-state index contributed by atoms with van der Waals surface area (Å²) < 4.78 is 5.68. The van der Waals surface area contributed by atoms with Gasteiger partial charge in [0.15, 0.2) is 0 Å². The van der Waals surface area contributed by atoms with Crippen LogP contribution >= 0.6 is 11.6 Å². The van der Waals surface area contributed by atoms with Gasteiger partial charge in [-0.15, -0.1) is 0 Å². The molecule has 0 saturated carbocycles. The molecule has 3 aromatic rings. The Balaban J connectivity index is 1.35. The average Bonchev–Trinajstić information content (AvgIpc) is 3.26. The first kappa shape index (κ1) is 24.6. The van der Waals surface area contributed by atoms with Crippen molar-refractivity contribution in [1.29, 1.82) is 0 Å². The highest BCUT2D eigenvalue weighted by Crippen LogP contribution is 2.23. The minimum atomic E-state index is -0.291. The maximum Gasteiger partial charge on any atom is 0.255 e. The Kier molecular flexibility index (Phi) is 8.26. The quantitative estimate of drug-likeness (QED) is 0.515. The summed E-state index contributed by atoms with van der Waals surface area (Å²) in [4.78, 5) is 42.9. The number of rotatable bonds is 4. The summed E-state index contributed by atoms with van der Waals surface area (Å²) in [5.74, 6) is -0.201. The van der Waals surface area contributed by atoms with Crippen LogP contribution in [-0.4, -0.2) is 60.4 Å². The number of fused-ring (bicyclic) bond motifs is 2. The zero-order chi connectivity index (χ0) is 24.6. The second-order valence-corrected chi connectivity index (χ2v) is 8.91. The van der Waals surface area contributed by atoms with Crippen LogP contribution in [0.2, 0.25) is 5.02 Å². The van der Waals surface area contributed by atoms with E-state index in [1.54, 1.807) is 23.1 Å². The first-order valence-electron chi connectivity index (χ1n) is 11.8. The summed E-state index contributed by atoms with van der Waals surface area (Å²) in [5.41, 5.74) is 2.59. The lowest BCUT2D eigenvalue weighted by Crippen LogP contribution is -2.43. The molecule has 0 unspecified atom stereocenters. The second-order valence-electron chi connectivity index (χ2n) is 8.48. The Morgan fingerprint density at radius 3 is 2.83 bits per heavy atom. The third-order valence-electron chi connectivity index (χ3n) is 5.96. The van der Waals surface area contributed by atoms with Crippen molar-refractivity contribution in [2.45, 2.75) is 25.7 Å². The average molecular weight is 497 g/mol. The molecule has 9 heteroatoms. The molecule has 1 aliphatic rings. The Hall–Kier alpha value is -3.52.